The van der Waals surface area contributed by atoms with Crippen molar-refractivity contribution in [1.82, 2.24) is 15.5 Å². The molecule has 0 radical (unpaired) electrons. The van der Waals surface area contributed by atoms with Gasteiger partial charge in [0.1, 0.15) is 0 Å². The Morgan fingerprint density at radius 3 is 2.60 bits per heavy atom. The molecular weight excluding hydrogens is 338 g/mol. The molecule has 3 aromatic rings. The second kappa shape index (κ2) is 7.94. The molecule has 6 heteroatoms. The first-order chi connectivity index (χ1) is 12.1. The van der Waals surface area contributed by atoms with Crippen molar-refractivity contribution in [2.45, 2.75) is 19.3 Å². The monoisotopic (exact) mass is 355 g/mol. The first-order valence-corrected chi connectivity index (χ1v) is 8.40. The van der Waals surface area contributed by atoms with E-state index in [1.54, 1.807) is 6.07 Å². The molecule has 0 saturated carbocycles. The SMILES string of the molecule is CC(CNC(=O)c1nnc(Cc2ccccc2Cl)o1)c1ccccc1. The summed E-state index contributed by atoms with van der Waals surface area (Å²) in [6, 6.07) is 17.4. The summed E-state index contributed by atoms with van der Waals surface area (Å²) >= 11 is 6.12. The van der Waals surface area contributed by atoms with Gasteiger partial charge in [0.2, 0.25) is 5.89 Å². The maximum absolute atomic E-state index is 12.2. The third-order valence-electron chi connectivity index (χ3n) is 3.90. The third kappa shape index (κ3) is 4.45. The fraction of sp³-hybridized carbons (Fsp3) is 0.211. The number of rotatable bonds is 6. The minimum absolute atomic E-state index is 0.0395. The molecule has 2 aromatic carbocycles. The summed E-state index contributed by atoms with van der Waals surface area (Å²) in [5.74, 6) is 0.132. The number of nitrogens with zero attached hydrogens (tertiary/aromatic N) is 2. The molecule has 1 atom stereocenters. The smallest absolute Gasteiger partial charge is 0.308 e. The summed E-state index contributed by atoms with van der Waals surface area (Å²) in [5.41, 5.74) is 2.03. The van der Waals surface area contributed by atoms with Gasteiger partial charge in [-0.15, -0.1) is 10.2 Å². The fourth-order valence-electron chi connectivity index (χ4n) is 2.44. The molecule has 0 saturated heterocycles. The quantitative estimate of drug-likeness (QED) is 0.729. The summed E-state index contributed by atoms with van der Waals surface area (Å²) in [4.78, 5) is 12.2. The van der Waals surface area contributed by atoms with E-state index in [0.29, 0.717) is 23.9 Å². The van der Waals surface area contributed by atoms with Crippen molar-refractivity contribution in [3.63, 3.8) is 0 Å². The normalized spacial score (nSPS) is 11.9. The van der Waals surface area contributed by atoms with E-state index >= 15 is 0 Å². The Morgan fingerprint density at radius 2 is 1.84 bits per heavy atom. The molecule has 0 aliphatic heterocycles. The minimum Gasteiger partial charge on any atom is -0.417 e. The number of benzene rings is 2. The Kier molecular flexibility index (Phi) is 5.46. The Morgan fingerprint density at radius 1 is 1.12 bits per heavy atom. The highest BCUT2D eigenvalue weighted by Crippen LogP contribution is 2.18. The number of carbonyl (C=O) groups is 1. The molecule has 1 aromatic heterocycles. The van der Waals surface area contributed by atoms with Crippen molar-refractivity contribution in [2.75, 3.05) is 6.54 Å². The Labute approximate surface area is 151 Å². The minimum atomic E-state index is -0.374. The largest absolute Gasteiger partial charge is 0.417 e. The molecule has 1 unspecified atom stereocenters. The summed E-state index contributed by atoms with van der Waals surface area (Å²) in [6.45, 7) is 2.54. The van der Waals surface area contributed by atoms with Gasteiger partial charge in [-0.05, 0) is 23.1 Å². The van der Waals surface area contributed by atoms with Crippen LogP contribution in [0.3, 0.4) is 0 Å². The molecule has 25 heavy (non-hydrogen) atoms. The van der Waals surface area contributed by atoms with Crippen molar-refractivity contribution in [3.05, 3.63) is 82.5 Å². The molecule has 3 rings (SSSR count). The third-order valence-corrected chi connectivity index (χ3v) is 4.27. The van der Waals surface area contributed by atoms with E-state index in [4.69, 9.17) is 16.0 Å². The molecule has 1 amide bonds. The number of hydrogen-bond donors (Lipinski definition) is 1. The average Bonchev–Trinajstić information content (AvgIpc) is 3.11. The highest BCUT2D eigenvalue weighted by Gasteiger charge is 2.16. The van der Waals surface area contributed by atoms with Crippen LogP contribution in [0.15, 0.2) is 59.0 Å². The summed E-state index contributed by atoms with van der Waals surface area (Å²) in [6.07, 6.45) is 0.389. The van der Waals surface area contributed by atoms with Crippen molar-refractivity contribution in [3.8, 4) is 0 Å². The molecule has 0 fully saturated rings. The van der Waals surface area contributed by atoms with E-state index in [-0.39, 0.29) is 17.7 Å². The number of nitrogens with one attached hydrogen (secondary N) is 1. The van der Waals surface area contributed by atoms with Crippen LogP contribution in [-0.4, -0.2) is 22.6 Å². The lowest BCUT2D eigenvalue weighted by molar-refractivity contribution is 0.0915. The predicted molar refractivity (Wildman–Crippen MR) is 95.7 cm³/mol. The van der Waals surface area contributed by atoms with Gasteiger partial charge in [-0.25, -0.2) is 0 Å². The van der Waals surface area contributed by atoms with Gasteiger partial charge >= 0.3 is 11.8 Å². The average molecular weight is 356 g/mol. The highest BCUT2D eigenvalue weighted by molar-refractivity contribution is 6.31. The maximum atomic E-state index is 12.2. The van der Waals surface area contributed by atoms with Gasteiger partial charge in [-0.3, -0.25) is 4.79 Å². The van der Waals surface area contributed by atoms with Crippen molar-refractivity contribution in [2.24, 2.45) is 0 Å². The molecule has 0 aliphatic rings. The van der Waals surface area contributed by atoms with Crippen LogP contribution in [0.5, 0.6) is 0 Å². The lowest BCUT2D eigenvalue weighted by Gasteiger charge is -2.11. The zero-order valence-corrected chi connectivity index (χ0v) is 14.5. The number of aromatic nitrogens is 2. The molecule has 1 N–H and O–H groups in total. The Bertz CT molecular complexity index is 849. The first kappa shape index (κ1) is 17.2. The molecule has 0 bridgehead atoms. The first-order valence-electron chi connectivity index (χ1n) is 8.02. The van der Waals surface area contributed by atoms with E-state index < -0.39 is 0 Å². The molecule has 1 heterocycles. The van der Waals surface area contributed by atoms with Gasteiger partial charge in [0.05, 0.1) is 6.42 Å². The van der Waals surface area contributed by atoms with Crippen LogP contribution in [0.1, 0.15) is 40.5 Å². The lowest BCUT2D eigenvalue weighted by atomic mass is 10.0. The van der Waals surface area contributed by atoms with Crippen LogP contribution >= 0.6 is 11.6 Å². The number of hydrogen-bond acceptors (Lipinski definition) is 4. The van der Waals surface area contributed by atoms with Crippen LogP contribution in [0.4, 0.5) is 0 Å². The Hall–Kier alpha value is -2.66. The maximum Gasteiger partial charge on any atom is 0.308 e. The number of halogens is 1. The lowest BCUT2D eigenvalue weighted by Crippen LogP contribution is -2.27. The summed E-state index contributed by atoms with van der Waals surface area (Å²) < 4.78 is 5.45. The van der Waals surface area contributed by atoms with Gasteiger partial charge in [0.25, 0.3) is 0 Å². The van der Waals surface area contributed by atoms with Gasteiger partial charge in [0.15, 0.2) is 0 Å². The van der Waals surface area contributed by atoms with Crippen molar-refractivity contribution in [1.29, 1.82) is 0 Å². The zero-order chi connectivity index (χ0) is 17.6. The van der Waals surface area contributed by atoms with Crippen molar-refractivity contribution < 1.29 is 9.21 Å². The predicted octanol–water partition coefficient (Wildman–Crippen LogP) is 3.85. The number of carbonyl (C=O) groups excluding carboxylic acids is 1. The van der Waals surface area contributed by atoms with Crippen LogP contribution in [0.2, 0.25) is 5.02 Å². The molecule has 5 nitrogen and oxygen atoms in total. The van der Waals surface area contributed by atoms with E-state index in [2.05, 4.69) is 15.5 Å². The summed E-state index contributed by atoms with van der Waals surface area (Å²) in [7, 11) is 0. The molecule has 0 spiro atoms. The molecular formula is C19H18ClN3O2. The van der Waals surface area contributed by atoms with Crippen LogP contribution in [0, 0.1) is 0 Å². The van der Waals surface area contributed by atoms with E-state index in [1.165, 1.54) is 0 Å². The van der Waals surface area contributed by atoms with E-state index in [1.807, 2.05) is 55.5 Å². The van der Waals surface area contributed by atoms with Gasteiger partial charge < -0.3 is 9.73 Å². The van der Waals surface area contributed by atoms with Crippen molar-refractivity contribution >= 4 is 17.5 Å². The van der Waals surface area contributed by atoms with Crippen LogP contribution in [-0.2, 0) is 6.42 Å². The van der Waals surface area contributed by atoms with Crippen LogP contribution < -0.4 is 5.32 Å². The van der Waals surface area contributed by atoms with E-state index in [9.17, 15) is 4.79 Å². The zero-order valence-electron chi connectivity index (χ0n) is 13.8. The highest BCUT2D eigenvalue weighted by atomic mass is 35.5. The van der Waals surface area contributed by atoms with E-state index in [0.717, 1.165) is 11.1 Å². The standard InChI is InChI=1S/C19H18ClN3O2/c1-13(14-7-3-2-4-8-14)12-21-18(24)19-23-22-17(25-19)11-15-9-5-6-10-16(15)20/h2-10,13H,11-12H2,1H3,(H,21,24). The van der Waals surface area contributed by atoms with Crippen LogP contribution in [0.25, 0.3) is 0 Å². The molecule has 0 aliphatic carbocycles. The Balaban J connectivity index is 1.58. The molecule has 128 valence electrons. The van der Waals surface area contributed by atoms with Gasteiger partial charge in [-0.1, -0.05) is 67.1 Å². The number of amides is 1. The topological polar surface area (TPSA) is 68.0 Å². The van der Waals surface area contributed by atoms with Gasteiger partial charge in [0, 0.05) is 11.6 Å². The fourth-order valence-corrected chi connectivity index (χ4v) is 2.64. The second-order valence-electron chi connectivity index (χ2n) is 5.79. The summed E-state index contributed by atoms with van der Waals surface area (Å²) in [5, 5.41) is 11.2. The van der Waals surface area contributed by atoms with Gasteiger partial charge in [-0.2, -0.15) is 0 Å². The second-order valence-corrected chi connectivity index (χ2v) is 6.20.